The normalized spacial score (nSPS) is 26.7. The third kappa shape index (κ3) is 1.94. The van der Waals surface area contributed by atoms with Crippen molar-refractivity contribution in [1.29, 1.82) is 0 Å². The summed E-state index contributed by atoms with van der Waals surface area (Å²) in [7, 11) is 0. The summed E-state index contributed by atoms with van der Waals surface area (Å²) in [6.07, 6.45) is -0.173. The molecule has 1 saturated heterocycles. The minimum Gasteiger partial charge on any atom is -0.351 e. The van der Waals surface area contributed by atoms with Crippen LogP contribution in [0.15, 0.2) is 0 Å². The maximum absolute atomic E-state index is 5.34. The van der Waals surface area contributed by atoms with Crippen molar-refractivity contribution < 1.29 is 9.47 Å². The lowest BCUT2D eigenvalue weighted by Gasteiger charge is -2.33. The Kier molecular flexibility index (Phi) is 2.28. The molecule has 0 amide bonds. The van der Waals surface area contributed by atoms with Gasteiger partial charge in [0.15, 0.2) is 6.29 Å². The third-order valence-corrected chi connectivity index (χ3v) is 1.51. The monoisotopic (exact) mass is 145 g/mol. The Morgan fingerprint density at radius 3 is 2.30 bits per heavy atom. The first-order chi connectivity index (χ1) is 4.64. The highest BCUT2D eigenvalue weighted by Crippen LogP contribution is 2.21. The van der Waals surface area contributed by atoms with Gasteiger partial charge in [0, 0.05) is 12.0 Å². The molecular formula is C7H15NO2. The summed E-state index contributed by atoms with van der Waals surface area (Å²) in [5, 5.41) is 0. The Morgan fingerprint density at radius 2 is 1.90 bits per heavy atom. The summed E-state index contributed by atoms with van der Waals surface area (Å²) in [4.78, 5) is 0. The molecule has 1 heterocycles. The van der Waals surface area contributed by atoms with Crippen LogP contribution in [0, 0.1) is 5.41 Å². The van der Waals surface area contributed by atoms with E-state index in [1.165, 1.54) is 0 Å². The number of ether oxygens (including phenoxy) is 2. The van der Waals surface area contributed by atoms with Gasteiger partial charge < -0.3 is 15.2 Å². The summed E-state index contributed by atoms with van der Waals surface area (Å²) in [6.45, 7) is 6.17. The van der Waals surface area contributed by atoms with Crippen LogP contribution in [-0.4, -0.2) is 26.0 Å². The van der Waals surface area contributed by atoms with E-state index in [-0.39, 0.29) is 11.7 Å². The minimum atomic E-state index is -0.173. The lowest BCUT2D eigenvalue weighted by atomic mass is 9.96. The van der Waals surface area contributed by atoms with E-state index < -0.39 is 0 Å². The molecule has 0 aromatic carbocycles. The van der Waals surface area contributed by atoms with Crippen molar-refractivity contribution in [2.24, 2.45) is 11.1 Å². The van der Waals surface area contributed by atoms with Crippen molar-refractivity contribution in [1.82, 2.24) is 0 Å². The van der Waals surface area contributed by atoms with E-state index in [4.69, 9.17) is 15.2 Å². The van der Waals surface area contributed by atoms with Crippen molar-refractivity contribution in [2.45, 2.75) is 20.1 Å². The van der Waals surface area contributed by atoms with Crippen LogP contribution in [0.1, 0.15) is 13.8 Å². The first kappa shape index (κ1) is 7.98. The van der Waals surface area contributed by atoms with Crippen molar-refractivity contribution in [3.05, 3.63) is 0 Å². The number of hydrogen-bond acceptors (Lipinski definition) is 3. The zero-order valence-electron chi connectivity index (χ0n) is 6.59. The van der Waals surface area contributed by atoms with Crippen molar-refractivity contribution in [3.63, 3.8) is 0 Å². The maximum atomic E-state index is 5.34. The number of rotatable bonds is 1. The molecule has 0 saturated carbocycles. The highest BCUT2D eigenvalue weighted by atomic mass is 16.7. The molecule has 0 aromatic heterocycles. The van der Waals surface area contributed by atoms with Crippen LogP contribution in [0.25, 0.3) is 0 Å². The molecule has 3 heteroatoms. The molecule has 0 aliphatic carbocycles. The topological polar surface area (TPSA) is 44.5 Å². The predicted octanol–water partition coefficient (Wildman–Crippen LogP) is 0.344. The molecule has 1 rings (SSSR count). The lowest BCUT2D eigenvalue weighted by Crippen LogP contribution is -2.41. The summed E-state index contributed by atoms with van der Waals surface area (Å²) in [5.74, 6) is 0. The zero-order valence-corrected chi connectivity index (χ0v) is 6.59. The average Bonchev–Trinajstić information content (AvgIpc) is 1.88. The molecule has 0 unspecified atom stereocenters. The molecular weight excluding hydrogens is 130 g/mol. The van der Waals surface area contributed by atoms with Crippen molar-refractivity contribution in [2.75, 3.05) is 19.8 Å². The SMILES string of the molecule is CC1(C)COC(CN)OC1. The van der Waals surface area contributed by atoms with Gasteiger partial charge in [-0.15, -0.1) is 0 Å². The van der Waals surface area contributed by atoms with E-state index in [2.05, 4.69) is 13.8 Å². The minimum absolute atomic E-state index is 0.158. The fraction of sp³-hybridized carbons (Fsp3) is 1.00. The van der Waals surface area contributed by atoms with E-state index in [1.807, 2.05) is 0 Å². The number of hydrogen-bond donors (Lipinski definition) is 1. The average molecular weight is 145 g/mol. The van der Waals surface area contributed by atoms with Crippen LogP contribution in [-0.2, 0) is 9.47 Å². The maximum Gasteiger partial charge on any atom is 0.169 e. The van der Waals surface area contributed by atoms with Gasteiger partial charge in [0.05, 0.1) is 13.2 Å². The molecule has 0 radical (unpaired) electrons. The highest BCUT2D eigenvalue weighted by molar-refractivity contribution is 4.71. The van der Waals surface area contributed by atoms with Gasteiger partial charge in [-0.05, 0) is 0 Å². The molecule has 1 aliphatic heterocycles. The Balaban J connectivity index is 2.31. The molecule has 2 N–H and O–H groups in total. The molecule has 0 aromatic rings. The van der Waals surface area contributed by atoms with Crippen molar-refractivity contribution >= 4 is 0 Å². The largest absolute Gasteiger partial charge is 0.351 e. The first-order valence-corrected chi connectivity index (χ1v) is 3.57. The van der Waals surface area contributed by atoms with Crippen LogP contribution in [0.3, 0.4) is 0 Å². The molecule has 3 nitrogen and oxygen atoms in total. The third-order valence-electron chi connectivity index (χ3n) is 1.51. The summed E-state index contributed by atoms with van der Waals surface area (Å²) < 4.78 is 10.6. The van der Waals surface area contributed by atoms with Gasteiger partial charge >= 0.3 is 0 Å². The van der Waals surface area contributed by atoms with Crippen molar-refractivity contribution in [3.8, 4) is 0 Å². The second-order valence-corrected chi connectivity index (χ2v) is 3.45. The molecule has 1 fully saturated rings. The lowest BCUT2D eigenvalue weighted by molar-refractivity contribution is -0.215. The summed E-state index contributed by atoms with van der Waals surface area (Å²) in [6, 6.07) is 0. The Morgan fingerprint density at radius 1 is 1.40 bits per heavy atom. The first-order valence-electron chi connectivity index (χ1n) is 3.57. The van der Waals surface area contributed by atoms with E-state index >= 15 is 0 Å². The Labute approximate surface area is 61.5 Å². The van der Waals surface area contributed by atoms with E-state index in [0.29, 0.717) is 6.54 Å². The quantitative estimate of drug-likeness (QED) is 0.579. The highest BCUT2D eigenvalue weighted by Gasteiger charge is 2.27. The molecule has 60 valence electrons. The van der Waals surface area contributed by atoms with Crippen LogP contribution < -0.4 is 5.73 Å². The van der Waals surface area contributed by atoms with Gasteiger partial charge in [-0.25, -0.2) is 0 Å². The molecule has 10 heavy (non-hydrogen) atoms. The Bertz CT molecular complexity index is 104. The fourth-order valence-electron chi connectivity index (χ4n) is 0.863. The molecule has 0 spiro atoms. The molecule has 0 atom stereocenters. The second-order valence-electron chi connectivity index (χ2n) is 3.45. The van der Waals surface area contributed by atoms with Crippen LogP contribution in [0.4, 0.5) is 0 Å². The van der Waals surface area contributed by atoms with E-state index in [0.717, 1.165) is 13.2 Å². The standard InChI is InChI=1S/C7H15NO2/c1-7(2)4-9-6(3-8)10-5-7/h6H,3-5,8H2,1-2H3. The summed E-state index contributed by atoms with van der Waals surface area (Å²) in [5.41, 5.74) is 5.50. The Hall–Kier alpha value is -0.120. The molecule has 0 bridgehead atoms. The zero-order chi connectivity index (χ0) is 7.61. The van der Waals surface area contributed by atoms with Gasteiger partial charge in [0.1, 0.15) is 0 Å². The van der Waals surface area contributed by atoms with Gasteiger partial charge in [-0.3, -0.25) is 0 Å². The number of nitrogens with two attached hydrogens (primary N) is 1. The second kappa shape index (κ2) is 2.86. The van der Waals surface area contributed by atoms with E-state index in [1.54, 1.807) is 0 Å². The van der Waals surface area contributed by atoms with E-state index in [9.17, 15) is 0 Å². The van der Waals surface area contributed by atoms with Crippen LogP contribution in [0.2, 0.25) is 0 Å². The van der Waals surface area contributed by atoms with Gasteiger partial charge in [0.2, 0.25) is 0 Å². The van der Waals surface area contributed by atoms with Gasteiger partial charge in [0.25, 0.3) is 0 Å². The van der Waals surface area contributed by atoms with Crippen LogP contribution >= 0.6 is 0 Å². The van der Waals surface area contributed by atoms with Gasteiger partial charge in [-0.2, -0.15) is 0 Å². The van der Waals surface area contributed by atoms with Gasteiger partial charge in [-0.1, -0.05) is 13.8 Å². The molecule has 1 aliphatic rings. The smallest absolute Gasteiger partial charge is 0.169 e. The summed E-state index contributed by atoms with van der Waals surface area (Å²) >= 11 is 0. The predicted molar refractivity (Wildman–Crippen MR) is 38.5 cm³/mol. The fourth-order valence-corrected chi connectivity index (χ4v) is 0.863. The van der Waals surface area contributed by atoms with Crippen LogP contribution in [0.5, 0.6) is 0 Å².